The van der Waals surface area contributed by atoms with Crippen molar-refractivity contribution in [3.05, 3.63) is 201 Å². The van der Waals surface area contributed by atoms with Crippen molar-refractivity contribution in [1.82, 2.24) is 43.2 Å². The molecule has 14 rings (SSSR count). The molecule has 9 aromatic heterocycles. The molecule has 0 atom stereocenters. The van der Waals surface area contributed by atoms with E-state index in [2.05, 4.69) is 167 Å². The second kappa shape index (κ2) is 13.8. The number of fused-ring (bicyclic) bond motifs is 12. The first-order valence-electron chi connectivity index (χ1n) is 21.7. The average Bonchev–Trinajstić information content (AvgIpc) is 4.11. The van der Waals surface area contributed by atoms with E-state index in [1.165, 1.54) is 0 Å². The highest BCUT2D eigenvalue weighted by Crippen LogP contribution is 2.51. The van der Waals surface area contributed by atoms with Gasteiger partial charge < -0.3 is 18.3 Å². The fraction of sp³-hybridized carbons (Fsp3) is 0. The van der Waals surface area contributed by atoms with Gasteiger partial charge in [-0.25, -0.2) is 0 Å². The molecular weight excluding hydrogens is 813 g/mol. The molecule has 0 saturated heterocycles. The molecular formula is C56H32N10. The van der Waals surface area contributed by atoms with E-state index in [0.717, 1.165) is 115 Å². The summed E-state index contributed by atoms with van der Waals surface area (Å²) < 4.78 is 9.36. The van der Waals surface area contributed by atoms with Crippen LogP contribution in [0.1, 0.15) is 5.56 Å². The molecule has 5 aromatic carbocycles. The second-order valence-corrected chi connectivity index (χ2v) is 16.5. The van der Waals surface area contributed by atoms with Gasteiger partial charge in [0.25, 0.3) is 0 Å². The molecule has 0 saturated carbocycles. The largest absolute Gasteiger partial charge is 0.306 e. The Labute approximate surface area is 375 Å². The van der Waals surface area contributed by atoms with Crippen molar-refractivity contribution >= 4 is 87.2 Å². The summed E-state index contributed by atoms with van der Waals surface area (Å²) in [4.78, 5) is 23.4. The quantitative estimate of drug-likeness (QED) is 0.171. The number of pyridine rings is 5. The summed E-state index contributed by atoms with van der Waals surface area (Å²) in [7, 11) is 0. The Morgan fingerprint density at radius 1 is 0.303 bits per heavy atom. The van der Waals surface area contributed by atoms with Crippen LogP contribution >= 0.6 is 0 Å². The molecule has 14 aromatic rings. The van der Waals surface area contributed by atoms with Crippen LogP contribution in [-0.4, -0.2) is 43.2 Å². The standard InChI is InChI=1S/C56H32N10/c57-28-39-52(34-10-9-23-58-29-34)54(64-45-16-6-2-12-36(45)41-31-60-25-20-49(41)64)56(66-47-18-8-4-14-38(47)43-33-62-27-22-51(43)66)55(65-46-17-7-3-13-37(46)42-32-61-26-21-50(42)65)53(39)63-44-15-5-1-11-35(44)40-30-59-24-19-48(40)63/h1-27,29-33H. The number of rotatable bonds is 5. The number of benzene rings is 5. The summed E-state index contributed by atoms with van der Waals surface area (Å²) in [5, 5.41) is 20.4. The Kier molecular flexibility index (Phi) is 7.52. The third-order valence-corrected chi connectivity index (χ3v) is 13.2. The fourth-order valence-corrected chi connectivity index (χ4v) is 10.7. The SMILES string of the molecule is N#Cc1c(-c2cccnc2)c(-n2c3ccccc3c3cnccc32)c(-n2c3ccccc3c3cnccc32)c(-n2c3ccccc3c3cnccc32)c1-n1c2ccccc2c2cnccc21. The molecule has 0 unspecified atom stereocenters. The summed E-state index contributed by atoms with van der Waals surface area (Å²) in [5.74, 6) is 0. The molecule has 10 nitrogen and oxygen atoms in total. The van der Waals surface area contributed by atoms with Crippen molar-refractivity contribution in [2.24, 2.45) is 0 Å². The van der Waals surface area contributed by atoms with E-state index in [4.69, 9.17) is 9.97 Å². The van der Waals surface area contributed by atoms with Crippen LogP contribution in [-0.2, 0) is 0 Å². The van der Waals surface area contributed by atoms with Crippen LogP contribution in [0.25, 0.3) is 121 Å². The van der Waals surface area contributed by atoms with Crippen LogP contribution in [0.4, 0.5) is 0 Å². The first-order valence-corrected chi connectivity index (χ1v) is 21.7. The zero-order chi connectivity index (χ0) is 43.5. The molecule has 0 fully saturated rings. The van der Waals surface area contributed by atoms with Crippen molar-refractivity contribution < 1.29 is 0 Å². The van der Waals surface area contributed by atoms with Crippen molar-refractivity contribution in [2.45, 2.75) is 0 Å². The summed E-state index contributed by atoms with van der Waals surface area (Å²) in [6.07, 6.45) is 18.8. The zero-order valence-corrected chi connectivity index (χ0v) is 34.9. The number of hydrogen-bond donors (Lipinski definition) is 0. The second-order valence-electron chi connectivity index (χ2n) is 16.5. The van der Waals surface area contributed by atoms with Crippen LogP contribution in [0.2, 0.25) is 0 Å². The van der Waals surface area contributed by atoms with Crippen LogP contribution in [0.5, 0.6) is 0 Å². The van der Waals surface area contributed by atoms with E-state index in [0.29, 0.717) is 11.3 Å². The van der Waals surface area contributed by atoms with Crippen molar-refractivity contribution in [3.63, 3.8) is 0 Å². The predicted octanol–water partition coefficient (Wildman–Crippen LogP) is 12.6. The summed E-state index contributed by atoms with van der Waals surface area (Å²) >= 11 is 0. The lowest BCUT2D eigenvalue weighted by molar-refractivity contribution is 1.02. The van der Waals surface area contributed by atoms with Gasteiger partial charge in [0.15, 0.2) is 0 Å². The van der Waals surface area contributed by atoms with E-state index in [1.54, 1.807) is 6.20 Å². The molecule has 66 heavy (non-hydrogen) atoms. The maximum atomic E-state index is 12.3. The third-order valence-electron chi connectivity index (χ3n) is 13.2. The van der Waals surface area contributed by atoms with Crippen molar-refractivity contribution in [3.8, 4) is 39.9 Å². The number of aromatic nitrogens is 9. The maximum absolute atomic E-state index is 12.3. The Morgan fingerprint density at radius 3 is 1.02 bits per heavy atom. The number of nitriles is 1. The molecule has 0 N–H and O–H groups in total. The topological polar surface area (TPSA) is 108 Å². The first kappa shape index (κ1) is 36.1. The molecule has 306 valence electrons. The van der Waals surface area contributed by atoms with E-state index in [9.17, 15) is 5.26 Å². The Balaban J connectivity index is 1.38. The van der Waals surface area contributed by atoms with Crippen LogP contribution < -0.4 is 0 Å². The number of nitrogens with zero attached hydrogens (tertiary/aromatic N) is 10. The molecule has 0 bridgehead atoms. The van der Waals surface area contributed by atoms with Gasteiger partial charge in [0.05, 0.1) is 72.4 Å². The molecule has 10 heteroatoms. The monoisotopic (exact) mass is 844 g/mol. The third kappa shape index (κ3) is 4.80. The number of para-hydroxylation sites is 4. The number of hydrogen-bond acceptors (Lipinski definition) is 6. The fourth-order valence-electron chi connectivity index (χ4n) is 10.7. The summed E-state index contributed by atoms with van der Waals surface area (Å²) in [6, 6.07) is 49.1. The first-order chi connectivity index (χ1) is 32.8. The average molecular weight is 845 g/mol. The zero-order valence-electron chi connectivity index (χ0n) is 34.9. The molecule has 0 amide bonds. The molecule has 0 radical (unpaired) electrons. The molecule has 0 aliphatic rings. The summed E-state index contributed by atoms with van der Waals surface area (Å²) in [6.45, 7) is 0. The maximum Gasteiger partial charge on any atom is 0.102 e. The van der Waals surface area contributed by atoms with E-state index >= 15 is 0 Å². The lowest BCUT2D eigenvalue weighted by Gasteiger charge is -2.29. The van der Waals surface area contributed by atoms with Crippen LogP contribution in [0.15, 0.2) is 195 Å². The van der Waals surface area contributed by atoms with Gasteiger partial charge in [0.2, 0.25) is 0 Å². The molecule has 9 heterocycles. The van der Waals surface area contributed by atoms with Gasteiger partial charge in [-0.2, -0.15) is 5.26 Å². The Hall–Kier alpha value is -9.46. The van der Waals surface area contributed by atoms with Gasteiger partial charge >= 0.3 is 0 Å². The van der Waals surface area contributed by atoms with Crippen molar-refractivity contribution in [2.75, 3.05) is 0 Å². The summed E-state index contributed by atoms with van der Waals surface area (Å²) in [5.41, 5.74) is 12.7. The minimum atomic E-state index is 0.471. The van der Waals surface area contributed by atoms with Crippen LogP contribution in [0, 0.1) is 11.3 Å². The molecule has 0 spiro atoms. The van der Waals surface area contributed by atoms with Gasteiger partial charge in [-0.3, -0.25) is 24.9 Å². The van der Waals surface area contributed by atoms with Gasteiger partial charge in [-0.05, 0) is 54.6 Å². The normalized spacial score (nSPS) is 11.9. The van der Waals surface area contributed by atoms with Crippen molar-refractivity contribution in [1.29, 1.82) is 5.26 Å². The molecule has 0 aliphatic carbocycles. The van der Waals surface area contributed by atoms with Gasteiger partial charge in [-0.15, -0.1) is 0 Å². The lowest BCUT2D eigenvalue weighted by atomic mass is 9.93. The van der Waals surface area contributed by atoms with Gasteiger partial charge in [-0.1, -0.05) is 78.9 Å². The highest BCUT2D eigenvalue weighted by Gasteiger charge is 2.35. The molecule has 0 aliphatic heterocycles. The van der Waals surface area contributed by atoms with E-state index in [-0.39, 0.29) is 0 Å². The van der Waals surface area contributed by atoms with Crippen LogP contribution in [0.3, 0.4) is 0 Å². The van der Waals surface area contributed by atoms with E-state index < -0.39 is 0 Å². The minimum absolute atomic E-state index is 0.471. The van der Waals surface area contributed by atoms with Gasteiger partial charge in [0.1, 0.15) is 6.07 Å². The highest BCUT2D eigenvalue weighted by atomic mass is 15.1. The smallest absolute Gasteiger partial charge is 0.102 e. The van der Waals surface area contributed by atoms with Gasteiger partial charge in [0, 0.05) is 116 Å². The highest BCUT2D eigenvalue weighted by molar-refractivity contribution is 6.16. The Morgan fingerprint density at radius 2 is 0.636 bits per heavy atom. The Bertz CT molecular complexity index is 4160. The predicted molar refractivity (Wildman–Crippen MR) is 263 cm³/mol. The minimum Gasteiger partial charge on any atom is -0.306 e. The lowest BCUT2D eigenvalue weighted by Crippen LogP contribution is -2.16. The van der Waals surface area contributed by atoms with E-state index in [1.807, 2.05) is 61.8 Å².